The molecule has 0 unspecified atom stereocenters. The first-order valence-corrected chi connectivity index (χ1v) is 8.19. The van der Waals surface area contributed by atoms with Crippen molar-refractivity contribution in [1.29, 1.82) is 0 Å². The van der Waals surface area contributed by atoms with Crippen molar-refractivity contribution in [2.24, 2.45) is 0 Å². The Balaban J connectivity index is 1.90. The van der Waals surface area contributed by atoms with E-state index in [0.29, 0.717) is 36.8 Å². The van der Waals surface area contributed by atoms with Crippen LogP contribution in [0.1, 0.15) is 25.3 Å². The summed E-state index contributed by atoms with van der Waals surface area (Å²) in [7, 11) is 0. The number of hydrogen-bond acceptors (Lipinski definition) is 3. The normalized spacial score (nSPS) is 17.0. The van der Waals surface area contributed by atoms with Crippen LogP contribution >= 0.6 is 11.6 Å². The fourth-order valence-corrected chi connectivity index (χ4v) is 3.19. The maximum atomic E-state index is 13.1. The third-order valence-electron chi connectivity index (χ3n) is 4.37. The first-order valence-electron chi connectivity index (χ1n) is 7.82. The van der Waals surface area contributed by atoms with E-state index in [2.05, 4.69) is 10.4 Å². The van der Waals surface area contributed by atoms with Crippen LogP contribution in [0.2, 0.25) is 5.02 Å². The lowest BCUT2D eigenvalue weighted by atomic mass is 9.73. The molecule has 2 aromatic rings. The van der Waals surface area contributed by atoms with Gasteiger partial charge < -0.3 is 10.1 Å². The monoisotopic (exact) mass is 333 g/mol. The van der Waals surface area contributed by atoms with Gasteiger partial charge in [-0.1, -0.05) is 23.7 Å². The van der Waals surface area contributed by atoms with Crippen molar-refractivity contribution in [3.05, 3.63) is 47.2 Å². The number of rotatable bonds is 4. The second-order valence-corrected chi connectivity index (χ2v) is 6.18. The zero-order valence-electron chi connectivity index (χ0n) is 13.1. The summed E-state index contributed by atoms with van der Waals surface area (Å²) in [6.07, 6.45) is 4.79. The smallest absolute Gasteiger partial charge is 0.235 e. The highest BCUT2D eigenvalue weighted by molar-refractivity contribution is 6.30. The first-order chi connectivity index (χ1) is 11.1. The van der Waals surface area contributed by atoms with Crippen molar-refractivity contribution in [3.63, 3.8) is 0 Å². The van der Waals surface area contributed by atoms with E-state index in [1.807, 2.05) is 37.4 Å². The average Bonchev–Trinajstić information content (AvgIpc) is 3.03. The maximum Gasteiger partial charge on any atom is 0.235 e. The summed E-state index contributed by atoms with van der Waals surface area (Å²) in [5.41, 5.74) is 1.04. The number of nitrogens with one attached hydrogen (secondary N) is 1. The highest BCUT2D eigenvalue weighted by Crippen LogP contribution is 2.37. The van der Waals surface area contributed by atoms with Gasteiger partial charge in [0, 0.05) is 31.0 Å². The van der Waals surface area contributed by atoms with E-state index in [9.17, 15) is 4.79 Å². The lowest BCUT2D eigenvalue weighted by Gasteiger charge is -2.36. The molecule has 1 fully saturated rings. The van der Waals surface area contributed by atoms with Gasteiger partial charge in [0.05, 0.1) is 17.3 Å². The van der Waals surface area contributed by atoms with Crippen LogP contribution in [0, 0.1) is 0 Å². The fraction of sp³-hybridized carbons (Fsp3) is 0.412. The lowest BCUT2D eigenvalue weighted by molar-refractivity contribution is -0.125. The third kappa shape index (κ3) is 3.26. The molecule has 0 spiro atoms. The summed E-state index contributed by atoms with van der Waals surface area (Å²) in [5.74, 6) is -0.0290. The number of carbonyl (C=O) groups is 1. The van der Waals surface area contributed by atoms with Crippen LogP contribution in [0.4, 0.5) is 5.69 Å². The second-order valence-electron chi connectivity index (χ2n) is 5.74. The van der Waals surface area contributed by atoms with E-state index in [-0.39, 0.29) is 5.91 Å². The number of amides is 1. The Morgan fingerprint density at radius 3 is 2.87 bits per heavy atom. The number of aryl methyl sites for hydroxylation is 1. The maximum absolute atomic E-state index is 13.1. The molecule has 1 saturated heterocycles. The summed E-state index contributed by atoms with van der Waals surface area (Å²) in [6.45, 7) is 3.90. The Hall–Kier alpha value is -1.85. The number of ether oxygens (including phenoxy) is 1. The van der Waals surface area contributed by atoms with Gasteiger partial charge in [0.25, 0.3) is 0 Å². The topological polar surface area (TPSA) is 56.2 Å². The molecule has 2 heterocycles. The van der Waals surface area contributed by atoms with Crippen LogP contribution in [-0.4, -0.2) is 28.9 Å². The summed E-state index contributed by atoms with van der Waals surface area (Å²) in [4.78, 5) is 13.1. The van der Waals surface area contributed by atoms with E-state index in [1.165, 1.54) is 0 Å². The highest BCUT2D eigenvalue weighted by atomic mass is 35.5. The second kappa shape index (κ2) is 6.72. The number of anilines is 1. The minimum absolute atomic E-state index is 0.0290. The predicted octanol–water partition coefficient (Wildman–Crippen LogP) is 3.24. The molecule has 0 aliphatic carbocycles. The molecule has 6 heteroatoms. The molecule has 3 rings (SSSR count). The molecule has 122 valence electrons. The van der Waals surface area contributed by atoms with Gasteiger partial charge in [-0.25, -0.2) is 0 Å². The van der Waals surface area contributed by atoms with Crippen molar-refractivity contribution in [2.75, 3.05) is 18.5 Å². The number of halogens is 1. The molecule has 0 radical (unpaired) electrons. The Morgan fingerprint density at radius 1 is 1.43 bits per heavy atom. The number of carbonyl (C=O) groups excluding carboxylic acids is 1. The molecule has 1 aliphatic rings. The molecule has 1 amide bonds. The van der Waals surface area contributed by atoms with Gasteiger partial charge in [0.1, 0.15) is 0 Å². The van der Waals surface area contributed by atoms with Gasteiger partial charge in [0.15, 0.2) is 0 Å². The van der Waals surface area contributed by atoms with E-state index >= 15 is 0 Å². The minimum atomic E-state index is -0.614. The van der Waals surface area contributed by atoms with Gasteiger partial charge in [-0.05, 0) is 37.5 Å². The molecule has 1 aliphatic heterocycles. The number of hydrogen-bond donors (Lipinski definition) is 1. The summed E-state index contributed by atoms with van der Waals surface area (Å²) >= 11 is 6.14. The SMILES string of the molecule is CCn1cc(NC(=O)C2(c3cccc(Cl)c3)CCOCC2)cn1. The Bertz CT molecular complexity index is 693. The van der Waals surface area contributed by atoms with Crippen LogP contribution in [0.25, 0.3) is 0 Å². The third-order valence-corrected chi connectivity index (χ3v) is 4.61. The minimum Gasteiger partial charge on any atom is -0.381 e. The van der Waals surface area contributed by atoms with Crippen molar-refractivity contribution >= 4 is 23.2 Å². The highest BCUT2D eigenvalue weighted by Gasteiger charge is 2.42. The van der Waals surface area contributed by atoms with E-state index in [1.54, 1.807) is 10.9 Å². The first kappa shape index (κ1) is 16.0. The van der Waals surface area contributed by atoms with Crippen molar-refractivity contribution in [3.8, 4) is 0 Å². The van der Waals surface area contributed by atoms with Crippen LogP contribution in [0.5, 0.6) is 0 Å². The zero-order chi connectivity index (χ0) is 16.3. The van der Waals surface area contributed by atoms with Gasteiger partial charge in [-0.3, -0.25) is 9.48 Å². The number of nitrogens with zero attached hydrogens (tertiary/aromatic N) is 2. The van der Waals surface area contributed by atoms with Crippen LogP contribution in [0.15, 0.2) is 36.7 Å². The average molecular weight is 334 g/mol. The predicted molar refractivity (Wildman–Crippen MR) is 89.7 cm³/mol. The number of benzene rings is 1. The van der Waals surface area contributed by atoms with Crippen LogP contribution < -0.4 is 5.32 Å². The molecule has 0 bridgehead atoms. The molecule has 1 aromatic heterocycles. The molecule has 0 saturated carbocycles. The molecule has 5 nitrogen and oxygen atoms in total. The summed E-state index contributed by atoms with van der Waals surface area (Å²) < 4.78 is 7.25. The van der Waals surface area contributed by atoms with Gasteiger partial charge in [-0.15, -0.1) is 0 Å². The quantitative estimate of drug-likeness (QED) is 0.934. The Morgan fingerprint density at radius 2 is 2.22 bits per heavy atom. The molecular formula is C17H20ClN3O2. The number of aromatic nitrogens is 2. The Labute approximate surface area is 140 Å². The van der Waals surface area contributed by atoms with Crippen LogP contribution in [0.3, 0.4) is 0 Å². The van der Waals surface area contributed by atoms with Crippen LogP contribution in [-0.2, 0) is 21.5 Å². The van der Waals surface area contributed by atoms with Crippen molar-refractivity contribution in [1.82, 2.24) is 9.78 Å². The van der Waals surface area contributed by atoms with Gasteiger partial charge in [-0.2, -0.15) is 5.10 Å². The van der Waals surface area contributed by atoms with Crippen molar-refractivity contribution in [2.45, 2.75) is 31.7 Å². The van der Waals surface area contributed by atoms with E-state index in [0.717, 1.165) is 12.1 Å². The fourth-order valence-electron chi connectivity index (χ4n) is 3.00. The largest absolute Gasteiger partial charge is 0.381 e. The Kier molecular flexibility index (Phi) is 4.68. The van der Waals surface area contributed by atoms with Crippen molar-refractivity contribution < 1.29 is 9.53 Å². The van der Waals surface area contributed by atoms with E-state index < -0.39 is 5.41 Å². The summed E-state index contributed by atoms with van der Waals surface area (Å²) in [5, 5.41) is 7.84. The van der Waals surface area contributed by atoms with Gasteiger partial charge in [0.2, 0.25) is 5.91 Å². The van der Waals surface area contributed by atoms with Gasteiger partial charge >= 0.3 is 0 Å². The van der Waals surface area contributed by atoms with E-state index in [4.69, 9.17) is 16.3 Å². The molecule has 0 atom stereocenters. The zero-order valence-corrected chi connectivity index (χ0v) is 13.8. The standard InChI is InChI=1S/C17H20ClN3O2/c1-2-21-12-15(11-19-21)20-16(22)17(6-8-23-9-7-17)13-4-3-5-14(18)10-13/h3-5,10-12H,2,6-9H2,1H3,(H,20,22). The lowest BCUT2D eigenvalue weighted by Crippen LogP contribution is -2.44. The molecule has 1 N–H and O–H groups in total. The summed E-state index contributed by atoms with van der Waals surface area (Å²) in [6, 6.07) is 7.55. The molecule has 1 aromatic carbocycles. The molecule has 23 heavy (non-hydrogen) atoms. The molecular weight excluding hydrogens is 314 g/mol.